The van der Waals surface area contributed by atoms with E-state index in [0.29, 0.717) is 0 Å². The van der Waals surface area contributed by atoms with Crippen molar-refractivity contribution in [3.63, 3.8) is 0 Å². The Balaban J connectivity index is 1.38. The van der Waals surface area contributed by atoms with Crippen LogP contribution in [0.15, 0.2) is 11.6 Å². The molecule has 4 fully saturated rings. The molecule has 4 rings (SSSR count). The van der Waals surface area contributed by atoms with Crippen molar-refractivity contribution < 1.29 is 29.2 Å². The summed E-state index contributed by atoms with van der Waals surface area (Å²) >= 11 is 0. The minimum Gasteiger partial charge on any atom is -0.390 e. The van der Waals surface area contributed by atoms with Crippen LogP contribution >= 0.6 is 0 Å². The van der Waals surface area contributed by atoms with Crippen molar-refractivity contribution in [1.29, 1.82) is 0 Å². The highest BCUT2D eigenvalue weighted by Crippen LogP contribution is 2.50. The van der Waals surface area contributed by atoms with Crippen molar-refractivity contribution in [2.45, 2.75) is 178 Å². The van der Waals surface area contributed by atoms with Crippen molar-refractivity contribution in [2.24, 2.45) is 0 Å². The average Bonchev–Trinajstić information content (AvgIpc) is 3.50. The van der Waals surface area contributed by atoms with Gasteiger partial charge in [-0.2, -0.15) is 0 Å². The van der Waals surface area contributed by atoms with Gasteiger partial charge in [0.25, 0.3) is 0 Å². The van der Waals surface area contributed by atoms with Gasteiger partial charge in [-0.3, -0.25) is 0 Å². The second-order valence-electron chi connectivity index (χ2n) is 13.9. The first-order chi connectivity index (χ1) is 16.6. The van der Waals surface area contributed by atoms with E-state index >= 15 is 0 Å². The summed E-state index contributed by atoms with van der Waals surface area (Å²) in [4.78, 5) is 0. The predicted molar refractivity (Wildman–Crippen MR) is 141 cm³/mol. The molecule has 6 nitrogen and oxygen atoms in total. The smallest absolute Gasteiger partial charge is 0.0924 e. The summed E-state index contributed by atoms with van der Waals surface area (Å²) in [6, 6.07) is 0. The molecule has 6 heteroatoms. The molecule has 0 aromatic carbocycles. The first-order valence-electron chi connectivity index (χ1n) is 14.3. The molecule has 0 bridgehead atoms. The van der Waals surface area contributed by atoms with Gasteiger partial charge in [0.2, 0.25) is 0 Å². The number of allylic oxidation sites excluding steroid dienone is 2. The lowest BCUT2D eigenvalue weighted by atomic mass is 9.79. The van der Waals surface area contributed by atoms with E-state index in [1.165, 1.54) is 5.57 Å². The third kappa shape index (κ3) is 5.60. The van der Waals surface area contributed by atoms with Crippen LogP contribution in [-0.4, -0.2) is 68.7 Å². The maximum atomic E-state index is 10.8. The molecule has 0 aliphatic carbocycles. The number of hydrogen-bond acceptors (Lipinski definition) is 6. The quantitative estimate of drug-likeness (QED) is 0.435. The van der Waals surface area contributed by atoms with Crippen LogP contribution in [0.1, 0.15) is 120 Å². The molecule has 4 aliphatic heterocycles. The molecule has 0 amide bonds. The maximum Gasteiger partial charge on any atom is 0.0924 e. The van der Waals surface area contributed by atoms with Gasteiger partial charge in [-0.15, -0.1) is 0 Å². The number of aliphatic hydroxyl groups is 2. The van der Waals surface area contributed by atoms with Crippen molar-refractivity contribution in [3.8, 4) is 0 Å². The molecule has 0 saturated carbocycles. The first kappa shape index (κ1) is 28.5. The lowest BCUT2D eigenvalue weighted by Crippen LogP contribution is -2.58. The lowest BCUT2D eigenvalue weighted by Gasteiger charge is -2.50. The third-order valence-electron chi connectivity index (χ3n) is 9.76. The molecule has 0 spiro atoms. The van der Waals surface area contributed by atoms with Crippen LogP contribution < -0.4 is 0 Å². The molecule has 4 saturated heterocycles. The van der Waals surface area contributed by atoms with E-state index in [2.05, 4.69) is 47.6 Å². The van der Waals surface area contributed by atoms with Gasteiger partial charge in [-0.1, -0.05) is 11.6 Å². The topological polar surface area (TPSA) is 77.4 Å². The summed E-state index contributed by atoms with van der Waals surface area (Å²) in [5, 5.41) is 21.3. The Labute approximate surface area is 219 Å². The van der Waals surface area contributed by atoms with Gasteiger partial charge in [0.15, 0.2) is 0 Å². The van der Waals surface area contributed by atoms with Crippen molar-refractivity contribution in [2.75, 3.05) is 0 Å². The Morgan fingerprint density at radius 2 is 1.42 bits per heavy atom. The Morgan fingerprint density at radius 1 is 0.833 bits per heavy atom. The van der Waals surface area contributed by atoms with E-state index in [9.17, 15) is 10.2 Å². The highest BCUT2D eigenvalue weighted by atomic mass is 16.6. The summed E-state index contributed by atoms with van der Waals surface area (Å²) in [7, 11) is 0. The zero-order chi connectivity index (χ0) is 26.6. The van der Waals surface area contributed by atoms with Crippen molar-refractivity contribution in [3.05, 3.63) is 11.6 Å². The van der Waals surface area contributed by atoms with E-state index < -0.39 is 22.9 Å². The van der Waals surface area contributed by atoms with E-state index in [-0.39, 0.29) is 35.6 Å². The van der Waals surface area contributed by atoms with Crippen LogP contribution in [0, 0.1) is 0 Å². The van der Waals surface area contributed by atoms with Crippen LogP contribution in [0.4, 0.5) is 0 Å². The normalized spacial score (nSPS) is 47.9. The minimum atomic E-state index is -0.843. The van der Waals surface area contributed by atoms with Gasteiger partial charge in [-0.05, 0) is 120 Å². The fourth-order valence-electron chi connectivity index (χ4n) is 7.13. The molecular formula is C30H52O6. The van der Waals surface area contributed by atoms with Crippen LogP contribution in [0.5, 0.6) is 0 Å². The summed E-state index contributed by atoms with van der Waals surface area (Å²) in [5.41, 5.74) is -1.25. The molecule has 9 atom stereocenters. The molecule has 2 N–H and O–H groups in total. The van der Waals surface area contributed by atoms with E-state index in [1.54, 1.807) is 0 Å². The molecule has 36 heavy (non-hydrogen) atoms. The first-order valence-corrected chi connectivity index (χ1v) is 14.3. The van der Waals surface area contributed by atoms with E-state index in [0.717, 1.165) is 64.2 Å². The van der Waals surface area contributed by atoms with Crippen molar-refractivity contribution in [1.82, 2.24) is 0 Å². The largest absolute Gasteiger partial charge is 0.390 e. The fraction of sp³-hybridized carbons (Fsp3) is 0.933. The molecule has 0 aromatic heterocycles. The standard InChI is InChI=1S/C30H52O6/c1-20(2)10-9-16-27(5)21(31)13-17-30(8,36-27)24-12-11-23(33-24)28(6)19-15-25(35-28)29(7)18-14-22(34-29)26(3,4)32/h10,21-25,31-32H,9,11-19H2,1-8H3/t21-,22+,23+,24+,25-,27+,28+,29-,30+/m0/s1. The van der Waals surface area contributed by atoms with Crippen molar-refractivity contribution >= 4 is 0 Å². The minimum absolute atomic E-state index is 0.00450. The third-order valence-corrected chi connectivity index (χ3v) is 9.76. The van der Waals surface area contributed by atoms with Crippen LogP contribution in [-0.2, 0) is 18.9 Å². The van der Waals surface area contributed by atoms with Gasteiger partial charge in [0, 0.05) is 0 Å². The predicted octanol–water partition coefficient (Wildman–Crippen LogP) is 5.62. The zero-order valence-electron chi connectivity index (χ0n) is 24.1. The van der Waals surface area contributed by atoms with Gasteiger partial charge >= 0.3 is 0 Å². The van der Waals surface area contributed by atoms with Crippen LogP contribution in [0.3, 0.4) is 0 Å². The Hall–Kier alpha value is -0.500. The Kier molecular flexibility index (Phi) is 7.85. The van der Waals surface area contributed by atoms with Gasteiger partial charge in [0.05, 0.1) is 58.5 Å². The van der Waals surface area contributed by atoms with Gasteiger partial charge in [0.1, 0.15) is 0 Å². The average molecular weight is 509 g/mol. The highest BCUT2D eigenvalue weighted by Gasteiger charge is 2.57. The molecule has 0 unspecified atom stereocenters. The monoisotopic (exact) mass is 508 g/mol. The Morgan fingerprint density at radius 3 is 2.03 bits per heavy atom. The second kappa shape index (κ2) is 9.91. The van der Waals surface area contributed by atoms with Crippen LogP contribution in [0.25, 0.3) is 0 Å². The number of ether oxygens (including phenoxy) is 4. The zero-order valence-corrected chi connectivity index (χ0v) is 24.1. The number of hydrogen-bond donors (Lipinski definition) is 2. The molecular weight excluding hydrogens is 456 g/mol. The highest BCUT2D eigenvalue weighted by molar-refractivity contribution is 5.06. The molecule has 0 radical (unpaired) electrons. The van der Waals surface area contributed by atoms with Gasteiger partial charge < -0.3 is 29.2 Å². The molecule has 4 aliphatic rings. The van der Waals surface area contributed by atoms with E-state index in [4.69, 9.17) is 18.9 Å². The number of rotatable bonds is 7. The summed E-state index contributed by atoms with van der Waals surface area (Å²) in [6.07, 6.45) is 10.4. The summed E-state index contributed by atoms with van der Waals surface area (Å²) in [6.45, 7) is 16.5. The molecule has 208 valence electrons. The Bertz CT molecular complexity index is 817. The van der Waals surface area contributed by atoms with E-state index in [1.807, 2.05) is 13.8 Å². The molecule has 4 heterocycles. The van der Waals surface area contributed by atoms with Gasteiger partial charge in [-0.25, -0.2) is 0 Å². The number of aliphatic hydroxyl groups excluding tert-OH is 1. The summed E-state index contributed by atoms with van der Waals surface area (Å²) < 4.78 is 26.7. The maximum absolute atomic E-state index is 10.8. The fourth-order valence-corrected chi connectivity index (χ4v) is 7.13. The SMILES string of the molecule is CC(C)=CCC[C@@]1(C)O[C@@](C)([C@H]2CC[C@H]([C@@]3(C)CC[C@@H]([C@]4(C)CC[C@H](C(C)(C)O)O4)O3)O2)CC[C@@H]1O. The second-order valence-corrected chi connectivity index (χ2v) is 13.9. The lowest BCUT2D eigenvalue weighted by molar-refractivity contribution is -0.265. The summed E-state index contributed by atoms with van der Waals surface area (Å²) in [5.74, 6) is 0. The van der Waals surface area contributed by atoms with Crippen LogP contribution in [0.2, 0.25) is 0 Å². The molecule has 0 aromatic rings.